The summed E-state index contributed by atoms with van der Waals surface area (Å²) in [6.07, 6.45) is 78.7. The SMILES string of the molecule is CCCCC/C=C\C/C=C\CCCCCCCC(=O)OCC(COC(=O)CCCCCCCCCCCCC/C=C\CCCCCCCCCC)OC(=O)CCCCCCCCCCCCCCCCCCCCC. The number of rotatable bonds is 62. The molecule has 0 rings (SSSR count). The third kappa shape index (κ3) is 62.4. The van der Waals surface area contributed by atoms with Crippen LogP contribution in [0.2, 0.25) is 0 Å². The van der Waals surface area contributed by atoms with E-state index in [0.717, 1.165) is 77.0 Å². The average Bonchev–Trinajstić information content (AvgIpc) is 3.41. The minimum atomic E-state index is -0.776. The minimum Gasteiger partial charge on any atom is -0.462 e. The molecule has 0 bridgehead atoms. The van der Waals surface area contributed by atoms with Gasteiger partial charge in [0.25, 0.3) is 0 Å². The molecule has 0 radical (unpaired) electrons. The van der Waals surface area contributed by atoms with E-state index in [1.165, 1.54) is 250 Å². The van der Waals surface area contributed by atoms with Crippen LogP contribution >= 0.6 is 0 Å². The molecule has 0 aliphatic rings. The molecule has 440 valence electrons. The highest BCUT2D eigenvalue weighted by Crippen LogP contribution is 2.18. The van der Waals surface area contributed by atoms with Crippen LogP contribution in [0, 0.1) is 0 Å². The van der Waals surface area contributed by atoms with Gasteiger partial charge < -0.3 is 14.2 Å². The van der Waals surface area contributed by atoms with Crippen LogP contribution in [0.15, 0.2) is 36.5 Å². The van der Waals surface area contributed by atoms with Gasteiger partial charge in [-0.2, -0.15) is 0 Å². The highest BCUT2D eigenvalue weighted by Gasteiger charge is 2.19. The van der Waals surface area contributed by atoms with Crippen molar-refractivity contribution in [3.05, 3.63) is 36.5 Å². The molecule has 0 aromatic rings. The Morgan fingerprint density at radius 2 is 0.480 bits per heavy atom. The van der Waals surface area contributed by atoms with Crippen LogP contribution in [0.25, 0.3) is 0 Å². The molecule has 0 aromatic heterocycles. The van der Waals surface area contributed by atoms with Gasteiger partial charge in [-0.25, -0.2) is 0 Å². The average molecular weight is 1050 g/mol. The van der Waals surface area contributed by atoms with E-state index in [1.807, 2.05) is 0 Å². The van der Waals surface area contributed by atoms with E-state index in [0.29, 0.717) is 19.3 Å². The molecule has 0 amide bonds. The number of carbonyl (C=O) groups excluding carboxylic acids is 3. The maximum absolute atomic E-state index is 12.9. The van der Waals surface area contributed by atoms with Crippen LogP contribution in [0.3, 0.4) is 0 Å². The van der Waals surface area contributed by atoms with Gasteiger partial charge in [-0.15, -0.1) is 0 Å². The normalized spacial score (nSPS) is 12.2. The Balaban J connectivity index is 4.30. The lowest BCUT2D eigenvalue weighted by atomic mass is 10.0. The highest BCUT2D eigenvalue weighted by molar-refractivity contribution is 5.71. The van der Waals surface area contributed by atoms with Gasteiger partial charge in [0.1, 0.15) is 13.2 Å². The Morgan fingerprint density at radius 1 is 0.267 bits per heavy atom. The van der Waals surface area contributed by atoms with Crippen molar-refractivity contribution in [3.8, 4) is 0 Å². The third-order valence-corrected chi connectivity index (χ3v) is 15.1. The first-order valence-electron chi connectivity index (χ1n) is 33.5. The van der Waals surface area contributed by atoms with E-state index in [-0.39, 0.29) is 31.1 Å². The molecule has 1 unspecified atom stereocenters. The summed E-state index contributed by atoms with van der Waals surface area (Å²) in [6.45, 7) is 6.67. The molecule has 6 nitrogen and oxygen atoms in total. The molecule has 0 spiro atoms. The van der Waals surface area contributed by atoms with Crippen molar-refractivity contribution in [1.82, 2.24) is 0 Å². The quantitative estimate of drug-likeness (QED) is 0.0261. The van der Waals surface area contributed by atoms with E-state index >= 15 is 0 Å². The van der Waals surface area contributed by atoms with Crippen LogP contribution in [-0.4, -0.2) is 37.2 Å². The van der Waals surface area contributed by atoms with E-state index in [4.69, 9.17) is 14.2 Å². The van der Waals surface area contributed by atoms with Crippen molar-refractivity contribution < 1.29 is 28.6 Å². The molecule has 6 heteroatoms. The lowest BCUT2D eigenvalue weighted by molar-refractivity contribution is -0.167. The van der Waals surface area contributed by atoms with E-state index in [9.17, 15) is 14.4 Å². The van der Waals surface area contributed by atoms with E-state index in [2.05, 4.69) is 57.2 Å². The summed E-state index contributed by atoms with van der Waals surface area (Å²) >= 11 is 0. The number of allylic oxidation sites excluding steroid dienone is 6. The standard InChI is InChI=1S/C69H128O6/c1-4-7-10-13-16-19-22-25-28-30-32-33-34-35-37-38-41-44-47-50-53-56-59-62-68(71)74-65-66(64-73-67(70)61-58-55-52-49-46-43-40-27-24-21-18-15-12-9-6-3)75-69(72)63-60-57-54-51-48-45-42-39-36-31-29-26-23-20-17-14-11-8-5-2/h18,21,27,30,32,40,66H,4-17,19-20,22-26,28-29,31,33-39,41-65H2,1-3H3/b21-18-,32-30-,40-27-. The van der Waals surface area contributed by atoms with Crippen molar-refractivity contribution in [1.29, 1.82) is 0 Å². The predicted molar refractivity (Wildman–Crippen MR) is 326 cm³/mol. The first-order valence-corrected chi connectivity index (χ1v) is 33.5. The molecule has 0 aromatic carbocycles. The molecule has 0 heterocycles. The van der Waals surface area contributed by atoms with Gasteiger partial charge in [0.2, 0.25) is 0 Å². The summed E-state index contributed by atoms with van der Waals surface area (Å²) in [7, 11) is 0. The Labute approximate surface area is 467 Å². The fraction of sp³-hybridized carbons (Fsp3) is 0.870. The largest absolute Gasteiger partial charge is 0.462 e. The van der Waals surface area contributed by atoms with Gasteiger partial charge in [0.15, 0.2) is 6.10 Å². The maximum Gasteiger partial charge on any atom is 0.306 e. The fourth-order valence-corrected chi connectivity index (χ4v) is 10.1. The Hall–Kier alpha value is -2.37. The van der Waals surface area contributed by atoms with Gasteiger partial charge >= 0.3 is 17.9 Å². The Kier molecular flexibility index (Phi) is 62.1. The smallest absolute Gasteiger partial charge is 0.306 e. The second-order valence-corrected chi connectivity index (χ2v) is 22.7. The predicted octanol–water partition coefficient (Wildman–Crippen LogP) is 22.8. The fourth-order valence-electron chi connectivity index (χ4n) is 10.1. The zero-order valence-electron chi connectivity index (χ0n) is 50.6. The zero-order chi connectivity index (χ0) is 54.3. The number of hydrogen-bond acceptors (Lipinski definition) is 6. The van der Waals surface area contributed by atoms with Crippen LogP contribution < -0.4 is 0 Å². The monoisotopic (exact) mass is 1050 g/mol. The second-order valence-electron chi connectivity index (χ2n) is 22.7. The number of ether oxygens (including phenoxy) is 3. The lowest BCUT2D eigenvalue weighted by Gasteiger charge is -2.18. The zero-order valence-corrected chi connectivity index (χ0v) is 50.6. The van der Waals surface area contributed by atoms with Gasteiger partial charge in [-0.3, -0.25) is 14.4 Å². The summed E-state index contributed by atoms with van der Waals surface area (Å²) < 4.78 is 17.0. The van der Waals surface area contributed by atoms with Crippen molar-refractivity contribution in [2.75, 3.05) is 13.2 Å². The first-order chi connectivity index (χ1) is 37.0. The van der Waals surface area contributed by atoms with Crippen LogP contribution in [0.1, 0.15) is 367 Å². The van der Waals surface area contributed by atoms with Crippen molar-refractivity contribution >= 4 is 17.9 Å². The summed E-state index contributed by atoms with van der Waals surface area (Å²) in [6, 6.07) is 0. The van der Waals surface area contributed by atoms with Crippen LogP contribution in [0.4, 0.5) is 0 Å². The number of unbranched alkanes of at least 4 members (excludes halogenated alkanes) is 45. The summed E-state index contributed by atoms with van der Waals surface area (Å²) in [4.78, 5) is 38.4. The van der Waals surface area contributed by atoms with E-state index < -0.39 is 6.10 Å². The minimum absolute atomic E-state index is 0.0726. The van der Waals surface area contributed by atoms with Crippen molar-refractivity contribution in [3.63, 3.8) is 0 Å². The molecule has 0 aliphatic heterocycles. The topological polar surface area (TPSA) is 78.9 Å². The molecule has 0 fully saturated rings. The van der Waals surface area contributed by atoms with Gasteiger partial charge in [-0.05, 0) is 77.0 Å². The second kappa shape index (κ2) is 64.2. The molecular formula is C69H128O6. The Bertz CT molecular complexity index is 1250. The molecule has 1 atom stereocenters. The maximum atomic E-state index is 12.9. The van der Waals surface area contributed by atoms with Gasteiger partial charge in [0, 0.05) is 19.3 Å². The van der Waals surface area contributed by atoms with E-state index in [1.54, 1.807) is 0 Å². The highest BCUT2D eigenvalue weighted by atomic mass is 16.6. The summed E-state index contributed by atoms with van der Waals surface area (Å²) in [5.74, 6) is -0.861. The van der Waals surface area contributed by atoms with Gasteiger partial charge in [-0.1, -0.05) is 308 Å². The van der Waals surface area contributed by atoms with Gasteiger partial charge in [0.05, 0.1) is 0 Å². The molecule has 0 saturated carbocycles. The summed E-state index contributed by atoms with van der Waals surface area (Å²) in [5.41, 5.74) is 0. The van der Waals surface area contributed by atoms with Crippen LogP contribution in [0.5, 0.6) is 0 Å². The van der Waals surface area contributed by atoms with Crippen LogP contribution in [-0.2, 0) is 28.6 Å². The number of carbonyl (C=O) groups is 3. The van der Waals surface area contributed by atoms with Crippen molar-refractivity contribution in [2.45, 2.75) is 374 Å². The molecule has 75 heavy (non-hydrogen) atoms. The third-order valence-electron chi connectivity index (χ3n) is 15.1. The first kappa shape index (κ1) is 72.6. The van der Waals surface area contributed by atoms with Crippen molar-refractivity contribution in [2.24, 2.45) is 0 Å². The number of esters is 3. The molecular weight excluding hydrogens is 925 g/mol. The lowest BCUT2D eigenvalue weighted by Crippen LogP contribution is -2.30. The molecule has 0 aliphatic carbocycles. The summed E-state index contributed by atoms with van der Waals surface area (Å²) in [5, 5.41) is 0. The molecule has 0 saturated heterocycles. The Morgan fingerprint density at radius 3 is 0.773 bits per heavy atom. The number of hydrogen-bond donors (Lipinski definition) is 0. The molecule has 0 N–H and O–H groups in total.